The molecule has 0 saturated carbocycles. The molecule has 0 bridgehead atoms. The van der Waals surface area contributed by atoms with E-state index in [9.17, 15) is 10.0 Å². The smallest absolute Gasteiger partial charge is 0.423 e. The maximum atomic E-state index is 9.27. The third kappa shape index (κ3) is 2.06. The maximum absolute atomic E-state index is 9.27. The number of rotatable bonds is 2. The highest BCUT2D eigenvalue weighted by Crippen LogP contribution is 2.27. The molecule has 0 aromatic heterocycles. The van der Waals surface area contributed by atoms with Gasteiger partial charge in [-0.05, 0) is 34.6 Å². The molecule has 0 aliphatic rings. The summed E-state index contributed by atoms with van der Waals surface area (Å²) in [6, 6.07) is 9.18. The highest BCUT2D eigenvalue weighted by Gasteiger charge is 2.17. The molecule has 0 atom stereocenters. The minimum Gasteiger partial charge on any atom is -0.423 e. The molecule has 2 rings (SSSR count). The Morgan fingerprint density at radius 1 is 1.19 bits per heavy atom. The van der Waals surface area contributed by atoms with Crippen molar-refractivity contribution in [3.8, 4) is 0 Å². The minimum absolute atomic E-state index is 0.516. The maximum Gasteiger partial charge on any atom is 0.489 e. The summed E-state index contributed by atoms with van der Waals surface area (Å²) in [7, 11) is -1.45. The van der Waals surface area contributed by atoms with E-state index in [1.165, 1.54) is 11.8 Å². The van der Waals surface area contributed by atoms with Crippen molar-refractivity contribution in [2.75, 3.05) is 6.26 Å². The largest absolute Gasteiger partial charge is 0.489 e. The van der Waals surface area contributed by atoms with Gasteiger partial charge in [0.15, 0.2) is 0 Å². The van der Waals surface area contributed by atoms with Crippen molar-refractivity contribution in [3.05, 3.63) is 35.4 Å². The Labute approximate surface area is 103 Å². The van der Waals surface area contributed by atoms with Gasteiger partial charge in [-0.1, -0.05) is 29.8 Å². The van der Waals surface area contributed by atoms with E-state index in [-0.39, 0.29) is 0 Å². The number of hydrogen-bond donors (Lipinski definition) is 2. The second-order valence-electron chi connectivity index (χ2n) is 3.43. The predicted octanol–water partition coefficient (Wildman–Crippen LogP) is 1.89. The molecule has 5 heteroatoms. The molecule has 0 aliphatic carbocycles. The lowest BCUT2D eigenvalue weighted by Gasteiger charge is -2.10. The molecule has 82 valence electrons. The lowest BCUT2D eigenvalue weighted by Crippen LogP contribution is -2.31. The monoisotopic (exact) mass is 252 g/mol. The molecular formula is C11H10BClO2S. The topological polar surface area (TPSA) is 40.5 Å². The molecule has 0 saturated heterocycles. The molecule has 0 aliphatic heterocycles. The summed E-state index contributed by atoms with van der Waals surface area (Å²) in [4.78, 5) is 0.856. The third-order valence-electron chi connectivity index (χ3n) is 2.45. The van der Waals surface area contributed by atoms with Gasteiger partial charge in [0.1, 0.15) is 0 Å². The molecule has 2 aromatic carbocycles. The molecule has 0 spiro atoms. The van der Waals surface area contributed by atoms with Crippen LogP contribution in [0, 0.1) is 0 Å². The fourth-order valence-electron chi connectivity index (χ4n) is 1.71. The Kier molecular flexibility index (Phi) is 3.45. The number of benzene rings is 2. The Morgan fingerprint density at radius 3 is 2.50 bits per heavy atom. The quantitative estimate of drug-likeness (QED) is 0.633. The van der Waals surface area contributed by atoms with Crippen molar-refractivity contribution < 1.29 is 10.0 Å². The number of thioether (sulfide) groups is 1. The van der Waals surface area contributed by atoms with Gasteiger partial charge in [-0.15, -0.1) is 11.8 Å². The van der Waals surface area contributed by atoms with Crippen molar-refractivity contribution >= 4 is 46.7 Å². The summed E-state index contributed by atoms with van der Waals surface area (Å²) >= 11 is 7.43. The fourth-order valence-corrected chi connectivity index (χ4v) is 2.69. The summed E-state index contributed by atoms with van der Waals surface area (Å²) in [6.45, 7) is 0. The van der Waals surface area contributed by atoms with Gasteiger partial charge in [0.25, 0.3) is 0 Å². The number of fused-ring (bicyclic) bond motifs is 1. The van der Waals surface area contributed by atoms with Crippen LogP contribution in [0.1, 0.15) is 0 Å². The molecule has 2 N–H and O–H groups in total. The van der Waals surface area contributed by atoms with Crippen molar-refractivity contribution in [3.63, 3.8) is 0 Å². The zero-order valence-electron chi connectivity index (χ0n) is 8.64. The van der Waals surface area contributed by atoms with E-state index in [0.717, 1.165) is 15.7 Å². The summed E-state index contributed by atoms with van der Waals surface area (Å²) < 4.78 is 0. The Balaban J connectivity index is 2.78. The van der Waals surface area contributed by atoms with E-state index in [1.807, 2.05) is 30.5 Å². The molecule has 0 amide bonds. The first kappa shape index (κ1) is 11.8. The van der Waals surface area contributed by atoms with Gasteiger partial charge in [0.2, 0.25) is 0 Å². The fraction of sp³-hybridized carbons (Fsp3) is 0.0909. The normalized spacial score (nSPS) is 10.8. The van der Waals surface area contributed by atoms with Gasteiger partial charge in [-0.3, -0.25) is 0 Å². The average Bonchev–Trinajstić information content (AvgIpc) is 2.27. The molecule has 2 nitrogen and oxygen atoms in total. The molecule has 0 unspecified atom stereocenters. The lowest BCUT2D eigenvalue weighted by atomic mass is 9.79. The van der Waals surface area contributed by atoms with Gasteiger partial charge >= 0.3 is 7.12 Å². The van der Waals surface area contributed by atoms with Crippen LogP contribution in [0.5, 0.6) is 0 Å². The number of halogens is 1. The van der Waals surface area contributed by atoms with Crippen LogP contribution in [-0.4, -0.2) is 23.4 Å². The van der Waals surface area contributed by atoms with Crippen LogP contribution in [0.25, 0.3) is 10.8 Å². The van der Waals surface area contributed by atoms with Gasteiger partial charge in [-0.25, -0.2) is 0 Å². The number of hydrogen-bond acceptors (Lipinski definition) is 3. The van der Waals surface area contributed by atoms with Crippen molar-refractivity contribution in [2.24, 2.45) is 0 Å². The standard InChI is InChI=1S/C11H10BClO2S/c1-16-11-9-6-8(13)4-2-7(9)3-5-10(11)12(14)15/h2-6,14-15H,1H3. The first-order valence-corrected chi connectivity index (χ1v) is 6.36. The highest BCUT2D eigenvalue weighted by atomic mass is 35.5. The van der Waals surface area contributed by atoms with Gasteiger partial charge in [-0.2, -0.15) is 0 Å². The van der Waals surface area contributed by atoms with Gasteiger partial charge in [0, 0.05) is 9.92 Å². The Hall–Kier alpha value is -0.675. The molecule has 0 heterocycles. The van der Waals surface area contributed by atoms with Gasteiger partial charge < -0.3 is 10.0 Å². The van der Waals surface area contributed by atoms with Gasteiger partial charge in [0.05, 0.1) is 0 Å². The van der Waals surface area contributed by atoms with Crippen molar-refractivity contribution in [1.82, 2.24) is 0 Å². The van der Waals surface area contributed by atoms with E-state index in [1.54, 1.807) is 6.07 Å². The van der Waals surface area contributed by atoms with E-state index in [4.69, 9.17) is 11.6 Å². The van der Waals surface area contributed by atoms with Crippen LogP contribution in [0.2, 0.25) is 5.02 Å². The summed E-state index contributed by atoms with van der Waals surface area (Å²) in [5, 5.41) is 21.2. The zero-order chi connectivity index (χ0) is 11.7. The lowest BCUT2D eigenvalue weighted by molar-refractivity contribution is 0.425. The van der Waals surface area contributed by atoms with E-state index in [0.29, 0.717) is 10.5 Å². The van der Waals surface area contributed by atoms with Crippen LogP contribution >= 0.6 is 23.4 Å². The first-order chi connectivity index (χ1) is 7.63. The van der Waals surface area contributed by atoms with E-state index < -0.39 is 7.12 Å². The highest BCUT2D eigenvalue weighted by molar-refractivity contribution is 7.99. The van der Waals surface area contributed by atoms with Crippen LogP contribution in [-0.2, 0) is 0 Å². The van der Waals surface area contributed by atoms with Crippen LogP contribution < -0.4 is 5.46 Å². The van der Waals surface area contributed by atoms with Crippen LogP contribution in [0.4, 0.5) is 0 Å². The summed E-state index contributed by atoms with van der Waals surface area (Å²) in [5.41, 5.74) is 0.516. The van der Waals surface area contributed by atoms with Crippen LogP contribution in [0.15, 0.2) is 35.2 Å². The SMILES string of the molecule is CSc1c(B(O)O)ccc2ccc(Cl)cc12. The third-order valence-corrected chi connectivity index (χ3v) is 3.55. The summed E-state index contributed by atoms with van der Waals surface area (Å²) in [5.74, 6) is 0. The Morgan fingerprint density at radius 2 is 1.88 bits per heavy atom. The predicted molar refractivity (Wildman–Crippen MR) is 70.6 cm³/mol. The van der Waals surface area contributed by atoms with Crippen molar-refractivity contribution in [2.45, 2.75) is 4.90 Å². The zero-order valence-corrected chi connectivity index (χ0v) is 10.2. The molecule has 16 heavy (non-hydrogen) atoms. The average molecular weight is 253 g/mol. The molecule has 0 radical (unpaired) electrons. The molecule has 0 fully saturated rings. The summed E-state index contributed by atoms with van der Waals surface area (Å²) in [6.07, 6.45) is 1.90. The van der Waals surface area contributed by atoms with E-state index >= 15 is 0 Å². The molecule has 2 aromatic rings. The van der Waals surface area contributed by atoms with Crippen molar-refractivity contribution in [1.29, 1.82) is 0 Å². The second kappa shape index (κ2) is 4.68. The van der Waals surface area contributed by atoms with E-state index in [2.05, 4.69) is 0 Å². The second-order valence-corrected chi connectivity index (χ2v) is 4.68. The minimum atomic E-state index is -1.45. The first-order valence-electron chi connectivity index (χ1n) is 4.76. The molecular weight excluding hydrogens is 242 g/mol. The van der Waals surface area contributed by atoms with Crippen LogP contribution in [0.3, 0.4) is 0 Å². The Bertz CT molecular complexity index is 531.